The SMILES string of the molecule is CCC[CH2][Sn](/[CH]=C/C1C([N+](=O)[O-])C[C@H]2CCCC[C@H]12)([CH2]CCC)[CH2]CCC. The van der Waals surface area contributed by atoms with Crippen LogP contribution in [0, 0.1) is 27.9 Å². The number of fused-ring (bicyclic) bond motifs is 1. The van der Waals surface area contributed by atoms with Crippen molar-refractivity contribution in [1.82, 2.24) is 0 Å². The molecule has 27 heavy (non-hydrogen) atoms. The summed E-state index contributed by atoms with van der Waals surface area (Å²) in [6.45, 7) is 6.94. The van der Waals surface area contributed by atoms with Crippen molar-refractivity contribution in [3.8, 4) is 0 Å². The standard InChI is InChI=1S/C11H16NO2.3C4H9.Sn/c1-2-9-10-6-4-3-5-8(10)7-11(9)12(13)14;3*1-3-4-2;/h1-2,8-11H,3-7H2;3*1,3-4H2,2H3;/t8-,9?,10+,11?;;;;/m1..../s1. The van der Waals surface area contributed by atoms with Gasteiger partial charge in [0.1, 0.15) is 0 Å². The topological polar surface area (TPSA) is 43.1 Å². The molecule has 2 saturated carbocycles. The van der Waals surface area contributed by atoms with Gasteiger partial charge in [0, 0.05) is 0 Å². The van der Waals surface area contributed by atoms with Crippen LogP contribution in [0.4, 0.5) is 0 Å². The molecule has 0 N–H and O–H groups in total. The van der Waals surface area contributed by atoms with Gasteiger partial charge in [-0.3, -0.25) is 0 Å². The molecule has 2 aliphatic carbocycles. The summed E-state index contributed by atoms with van der Waals surface area (Å²) in [5.74, 6) is 1.44. The second-order valence-corrected chi connectivity index (χ2v) is 22.4. The second kappa shape index (κ2) is 11.8. The van der Waals surface area contributed by atoms with Crippen molar-refractivity contribution < 1.29 is 4.92 Å². The summed E-state index contributed by atoms with van der Waals surface area (Å²) >= 11 is -2.33. The summed E-state index contributed by atoms with van der Waals surface area (Å²) in [5, 5.41) is 11.8. The predicted molar refractivity (Wildman–Crippen MR) is 118 cm³/mol. The van der Waals surface area contributed by atoms with Crippen LogP contribution in [0.3, 0.4) is 0 Å². The summed E-state index contributed by atoms with van der Waals surface area (Å²) in [5.41, 5.74) is 0. The summed E-state index contributed by atoms with van der Waals surface area (Å²) in [6.07, 6.45) is 16.3. The summed E-state index contributed by atoms with van der Waals surface area (Å²) in [6, 6.07) is -0.304. The van der Waals surface area contributed by atoms with Crippen molar-refractivity contribution in [2.24, 2.45) is 17.8 Å². The first-order valence-electron chi connectivity index (χ1n) is 11.9. The third-order valence-electron chi connectivity index (χ3n) is 7.48. The van der Waals surface area contributed by atoms with E-state index in [9.17, 15) is 10.1 Å². The molecular formula is C23H43NO2Sn. The van der Waals surface area contributed by atoms with Crippen LogP contribution in [0.1, 0.15) is 91.4 Å². The van der Waals surface area contributed by atoms with E-state index in [2.05, 4.69) is 30.9 Å². The average Bonchev–Trinajstić information content (AvgIpc) is 3.06. The molecule has 4 atom stereocenters. The molecule has 0 amide bonds. The number of nitrogens with zero attached hydrogens (tertiary/aromatic N) is 1. The molecule has 0 aromatic carbocycles. The molecule has 0 heterocycles. The molecule has 4 heteroatoms. The van der Waals surface area contributed by atoms with Crippen molar-refractivity contribution in [3.63, 3.8) is 0 Å². The maximum atomic E-state index is 11.8. The zero-order chi connectivity index (χ0) is 19.7. The maximum absolute atomic E-state index is 11.8. The minimum absolute atomic E-state index is 0.0641. The molecule has 2 aliphatic rings. The molecule has 3 nitrogen and oxygen atoms in total. The zero-order valence-electron chi connectivity index (χ0n) is 18.1. The van der Waals surface area contributed by atoms with Crippen LogP contribution in [0.25, 0.3) is 0 Å². The van der Waals surface area contributed by atoms with Crippen molar-refractivity contribution in [2.75, 3.05) is 0 Å². The van der Waals surface area contributed by atoms with Crippen molar-refractivity contribution in [3.05, 3.63) is 20.3 Å². The molecule has 0 saturated heterocycles. The van der Waals surface area contributed by atoms with E-state index in [0.717, 1.165) is 6.42 Å². The fourth-order valence-electron chi connectivity index (χ4n) is 5.81. The Morgan fingerprint density at radius 3 is 2.04 bits per heavy atom. The van der Waals surface area contributed by atoms with Gasteiger partial charge in [-0.25, -0.2) is 0 Å². The van der Waals surface area contributed by atoms with Crippen LogP contribution in [0.5, 0.6) is 0 Å². The van der Waals surface area contributed by atoms with E-state index < -0.39 is 18.4 Å². The third kappa shape index (κ3) is 6.47. The van der Waals surface area contributed by atoms with Crippen LogP contribution < -0.4 is 0 Å². The van der Waals surface area contributed by atoms with Crippen LogP contribution in [-0.2, 0) is 0 Å². The molecule has 2 fully saturated rings. The van der Waals surface area contributed by atoms with Gasteiger partial charge < -0.3 is 0 Å². The molecule has 0 aliphatic heterocycles. The number of hydrogen-bond donors (Lipinski definition) is 0. The van der Waals surface area contributed by atoms with Gasteiger partial charge in [-0.15, -0.1) is 0 Å². The number of nitro groups is 1. The molecule has 0 spiro atoms. The first-order chi connectivity index (χ1) is 13.1. The van der Waals surface area contributed by atoms with Gasteiger partial charge in [0.2, 0.25) is 0 Å². The van der Waals surface area contributed by atoms with E-state index in [1.54, 1.807) is 0 Å². The Bertz CT molecular complexity index is 457. The third-order valence-corrected chi connectivity index (χ3v) is 21.6. The van der Waals surface area contributed by atoms with Gasteiger partial charge in [-0.2, -0.15) is 0 Å². The second-order valence-electron chi connectivity index (χ2n) is 9.41. The van der Waals surface area contributed by atoms with Crippen LogP contribution in [-0.4, -0.2) is 29.3 Å². The molecule has 0 bridgehead atoms. The summed E-state index contributed by atoms with van der Waals surface area (Å²) in [7, 11) is 0. The molecule has 2 rings (SSSR count). The first kappa shape index (κ1) is 23.2. The first-order valence-corrected chi connectivity index (χ1v) is 19.6. The average molecular weight is 484 g/mol. The number of unbranched alkanes of at least 4 members (excludes halogenated alkanes) is 3. The fourth-order valence-corrected chi connectivity index (χ4v) is 20.2. The molecule has 0 radical (unpaired) electrons. The fraction of sp³-hybridized carbons (Fsp3) is 0.913. The van der Waals surface area contributed by atoms with Crippen molar-refractivity contribution in [2.45, 2.75) is 111 Å². The van der Waals surface area contributed by atoms with E-state index in [0.29, 0.717) is 11.8 Å². The molecule has 0 aromatic heterocycles. The molecule has 0 aromatic rings. The Labute approximate surface area is 171 Å². The van der Waals surface area contributed by atoms with Crippen LogP contribution in [0.2, 0.25) is 13.3 Å². The predicted octanol–water partition coefficient (Wildman–Crippen LogP) is 7.40. The molecule has 156 valence electrons. The van der Waals surface area contributed by atoms with Crippen LogP contribution >= 0.6 is 0 Å². The van der Waals surface area contributed by atoms with E-state index >= 15 is 0 Å². The molecular weight excluding hydrogens is 441 g/mol. The van der Waals surface area contributed by atoms with Gasteiger partial charge in [-0.05, 0) is 0 Å². The monoisotopic (exact) mass is 485 g/mol. The van der Waals surface area contributed by atoms with E-state index in [4.69, 9.17) is 0 Å². The van der Waals surface area contributed by atoms with E-state index in [1.807, 2.05) is 0 Å². The van der Waals surface area contributed by atoms with Crippen LogP contribution in [0.15, 0.2) is 10.2 Å². The van der Waals surface area contributed by atoms with Crippen molar-refractivity contribution in [1.29, 1.82) is 0 Å². The van der Waals surface area contributed by atoms with Crippen molar-refractivity contribution >= 4 is 18.4 Å². The Balaban J connectivity index is 2.22. The number of rotatable bonds is 12. The Kier molecular flexibility index (Phi) is 10.2. The Morgan fingerprint density at radius 2 is 1.52 bits per heavy atom. The summed E-state index contributed by atoms with van der Waals surface area (Å²) < 4.78 is 7.09. The quantitative estimate of drug-likeness (QED) is 0.165. The van der Waals surface area contributed by atoms with Gasteiger partial charge in [0.05, 0.1) is 0 Å². The van der Waals surface area contributed by atoms with E-state index in [1.165, 1.54) is 77.5 Å². The van der Waals surface area contributed by atoms with Gasteiger partial charge in [-0.1, -0.05) is 0 Å². The summed E-state index contributed by atoms with van der Waals surface area (Å²) in [4.78, 5) is 11.8. The molecule has 2 unspecified atom stereocenters. The Morgan fingerprint density at radius 1 is 0.963 bits per heavy atom. The van der Waals surface area contributed by atoms with Gasteiger partial charge in [0.15, 0.2) is 0 Å². The van der Waals surface area contributed by atoms with Gasteiger partial charge in [0.25, 0.3) is 0 Å². The number of hydrogen-bond acceptors (Lipinski definition) is 2. The van der Waals surface area contributed by atoms with Gasteiger partial charge >= 0.3 is 172 Å². The Hall–Kier alpha value is -0.0613. The zero-order valence-corrected chi connectivity index (χ0v) is 21.0. The minimum atomic E-state index is -2.33. The van der Waals surface area contributed by atoms with E-state index in [-0.39, 0.29) is 16.9 Å². The normalized spacial score (nSPS) is 28.6.